The second-order valence-electron chi connectivity index (χ2n) is 4.94. The lowest BCUT2D eigenvalue weighted by Crippen LogP contribution is -2.18. The van der Waals surface area contributed by atoms with Crippen LogP contribution in [0.15, 0.2) is 36.4 Å². The molecule has 0 heterocycles. The van der Waals surface area contributed by atoms with Crippen molar-refractivity contribution < 1.29 is 14.6 Å². The average molecular weight is 274 g/mol. The zero-order chi connectivity index (χ0) is 14.4. The molecule has 0 bridgehead atoms. The van der Waals surface area contributed by atoms with Crippen molar-refractivity contribution in [2.24, 2.45) is 0 Å². The van der Waals surface area contributed by atoms with Crippen molar-refractivity contribution in [3.05, 3.63) is 42.0 Å². The second-order valence-corrected chi connectivity index (χ2v) is 4.94. The number of benzene rings is 2. The van der Waals surface area contributed by atoms with Gasteiger partial charge >= 0.3 is 0 Å². The molecule has 0 amide bonds. The van der Waals surface area contributed by atoms with Gasteiger partial charge in [0.2, 0.25) is 0 Å². The maximum atomic E-state index is 10.1. The maximum absolute atomic E-state index is 10.1. The molecule has 0 aliphatic heterocycles. The van der Waals surface area contributed by atoms with Gasteiger partial charge in [-0.25, -0.2) is 0 Å². The minimum absolute atomic E-state index is 0.383. The molecule has 0 radical (unpaired) electrons. The normalized spacial score (nSPS) is 12.6. The zero-order valence-corrected chi connectivity index (χ0v) is 12.1. The molecule has 1 unspecified atom stereocenters. The standard InChI is InChI=1S/C17H22O3/c1-3-9-20-12-15(18)10-14-6-4-5-13-7-8-16(19-2)11-17(13)14/h4-8,11,15,18H,3,9-10,12H2,1-2H3. The van der Waals surface area contributed by atoms with Gasteiger partial charge in [0.25, 0.3) is 0 Å². The Balaban J connectivity index is 2.16. The molecule has 1 atom stereocenters. The Kier molecular flexibility index (Phi) is 5.39. The Hall–Kier alpha value is -1.58. The quantitative estimate of drug-likeness (QED) is 0.788. The predicted octanol–water partition coefficient (Wildman–Crippen LogP) is 3.18. The topological polar surface area (TPSA) is 38.7 Å². The van der Waals surface area contributed by atoms with Crippen molar-refractivity contribution >= 4 is 10.8 Å². The fourth-order valence-electron chi connectivity index (χ4n) is 2.30. The van der Waals surface area contributed by atoms with Crippen LogP contribution in [0.1, 0.15) is 18.9 Å². The molecule has 3 heteroatoms. The van der Waals surface area contributed by atoms with Crippen LogP contribution in [0.4, 0.5) is 0 Å². The van der Waals surface area contributed by atoms with Crippen LogP contribution in [0.3, 0.4) is 0 Å². The summed E-state index contributed by atoms with van der Waals surface area (Å²) in [6.07, 6.45) is 1.09. The third-order valence-electron chi connectivity index (χ3n) is 3.29. The van der Waals surface area contributed by atoms with E-state index >= 15 is 0 Å². The highest BCUT2D eigenvalue weighted by molar-refractivity contribution is 5.87. The number of aliphatic hydroxyl groups excluding tert-OH is 1. The van der Waals surface area contributed by atoms with Crippen LogP contribution in [0, 0.1) is 0 Å². The monoisotopic (exact) mass is 274 g/mol. The number of fused-ring (bicyclic) bond motifs is 1. The van der Waals surface area contributed by atoms with Gasteiger partial charge in [-0.05, 0) is 34.9 Å². The number of ether oxygens (including phenoxy) is 2. The van der Waals surface area contributed by atoms with Crippen molar-refractivity contribution in [1.82, 2.24) is 0 Å². The molecule has 2 aromatic rings. The van der Waals surface area contributed by atoms with Crippen molar-refractivity contribution in [2.45, 2.75) is 25.9 Å². The molecule has 0 saturated carbocycles. The van der Waals surface area contributed by atoms with Crippen LogP contribution in [0.5, 0.6) is 5.75 Å². The van der Waals surface area contributed by atoms with E-state index < -0.39 is 6.10 Å². The molecular weight excluding hydrogens is 252 g/mol. The second kappa shape index (κ2) is 7.27. The average Bonchev–Trinajstić information content (AvgIpc) is 2.47. The lowest BCUT2D eigenvalue weighted by atomic mass is 10.00. The summed E-state index contributed by atoms with van der Waals surface area (Å²) in [5.74, 6) is 0.835. The van der Waals surface area contributed by atoms with Gasteiger partial charge in [-0.2, -0.15) is 0 Å². The van der Waals surface area contributed by atoms with E-state index in [9.17, 15) is 5.11 Å². The molecular formula is C17H22O3. The Bertz CT molecular complexity index is 551. The van der Waals surface area contributed by atoms with E-state index in [1.54, 1.807) is 7.11 Å². The zero-order valence-electron chi connectivity index (χ0n) is 12.1. The van der Waals surface area contributed by atoms with Crippen LogP contribution >= 0.6 is 0 Å². The Morgan fingerprint density at radius 2 is 2.05 bits per heavy atom. The summed E-state index contributed by atoms with van der Waals surface area (Å²) in [5.41, 5.74) is 1.12. The highest BCUT2D eigenvalue weighted by Crippen LogP contribution is 2.25. The Labute approximate surface area is 120 Å². The molecule has 0 fully saturated rings. The molecule has 108 valence electrons. The van der Waals surface area contributed by atoms with Crippen molar-refractivity contribution in [3.63, 3.8) is 0 Å². The van der Waals surface area contributed by atoms with E-state index in [-0.39, 0.29) is 0 Å². The molecule has 2 rings (SSSR count). The van der Waals surface area contributed by atoms with Gasteiger partial charge in [0.1, 0.15) is 5.75 Å². The van der Waals surface area contributed by atoms with Crippen LogP contribution in [0.2, 0.25) is 0 Å². The van der Waals surface area contributed by atoms with E-state index in [1.165, 1.54) is 0 Å². The summed E-state index contributed by atoms with van der Waals surface area (Å²) < 4.78 is 10.7. The van der Waals surface area contributed by atoms with Crippen molar-refractivity contribution in [1.29, 1.82) is 0 Å². The molecule has 3 nitrogen and oxygen atoms in total. The first-order valence-corrected chi connectivity index (χ1v) is 7.06. The fraction of sp³-hybridized carbons (Fsp3) is 0.412. The third-order valence-corrected chi connectivity index (χ3v) is 3.29. The van der Waals surface area contributed by atoms with E-state index in [0.29, 0.717) is 19.6 Å². The van der Waals surface area contributed by atoms with E-state index in [1.807, 2.05) is 30.3 Å². The minimum atomic E-state index is -0.474. The SMILES string of the molecule is CCCOCC(O)Cc1cccc2ccc(OC)cc12. The summed E-state index contributed by atoms with van der Waals surface area (Å²) in [4.78, 5) is 0. The van der Waals surface area contributed by atoms with E-state index in [0.717, 1.165) is 28.5 Å². The van der Waals surface area contributed by atoms with E-state index in [2.05, 4.69) is 13.0 Å². The highest BCUT2D eigenvalue weighted by Gasteiger charge is 2.09. The first-order valence-electron chi connectivity index (χ1n) is 7.06. The van der Waals surface area contributed by atoms with Gasteiger partial charge in [-0.1, -0.05) is 31.2 Å². The van der Waals surface area contributed by atoms with Crippen LogP contribution in [0.25, 0.3) is 10.8 Å². The maximum Gasteiger partial charge on any atom is 0.119 e. The van der Waals surface area contributed by atoms with Crippen LogP contribution in [-0.2, 0) is 11.2 Å². The van der Waals surface area contributed by atoms with Gasteiger partial charge in [-0.3, -0.25) is 0 Å². The van der Waals surface area contributed by atoms with Crippen molar-refractivity contribution in [2.75, 3.05) is 20.3 Å². The first kappa shape index (κ1) is 14.8. The molecule has 2 aromatic carbocycles. The smallest absolute Gasteiger partial charge is 0.119 e. The Morgan fingerprint density at radius 1 is 1.20 bits per heavy atom. The van der Waals surface area contributed by atoms with Gasteiger partial charge in [0.05, 0.1) is 19.8 Å². The Morgan fingerprint density at radius 3 is 2.80 bits per heavy atom. The molecule has 20 heavy (non-hydrogen) atoms. The van der Waals surface area contributed by atoms with Crippen LogP contribution in [-0.4, -0.2) is 31.5 Å². The highest BCUT2D eigenvalue weighted by atomic mass is 16.5. The van der Waals surface area contributed by atoms with Gasteiger partial charge in [0, 0.05) is 13.0 Å². The third kappa shape index (κ3) is 3.71. The number of hydrogen-bond acceptors (Lipinski definition) is 3. The number of hydrogen-bond donors (Lipinski definition) is 1. The summed E-state index contributed by atoms with van der Waals surface area (Å²) in [5, 5.41) is 12.3. The summed E-state index contributed by atoms with van der Waals surface area (Å²) in [7, 11) is 1.66. The number of aliphatic hydroxyl groups is 1. The summed E-state index contributed by atoms with van der Waals surface area (Å²) in [6.45, 7) is 3.14. The van der Waals surface area contributed by atoms with Gasteiger partial charge < -0.3 is 14.6 Å². The molecule has 1 N–H and O–H groups in total. The van der Waals surface area contributed by atoms with Crippen molar-refractivity contribution in [3.8, 4) is 5.75 Å². The largest absolute Gasteiger partial charge is 0.497 e. The molecule has 0 aliphatic rings. The number of rotatable bonds is 7. The van der Waals surface area contributed by atoms with Crippen LogP contribution < -0.4 is 4.74 Å². The molecule has 0 aliphatic carbocycles. The molecule has 0 aromatic heterocycles. The van der Waals surface area contributed by atoms with E-state index in [4.69, 9.17) is 9.47 Å². The first-order chi connectivity index (χ1) is 9.74. The van der Waals surface area contributed by atoms with Gasteiger partial charge in [0.15, 0.2) is 0 Å². The lowest BCUT2D eigenvalue weighted by molar-refractivity contribution is 0.0376. The number of methoxy groups -OCH3 is 1. The summed E-state index contributed by atoms with van der Waals surface area (Å²) in [6, 6.07) is 12.1. The molecule has 0 saturated heterocycles. The minimum Gasteiger partial charge on any atom is -0.497 e. The predicted molar refractivity (Wildman–Crippen MR) is 81.3 cm³/mol. The fourth-order valence-corrected chi connectivity index (χ4v) is 2.30. The summed E-state index contributed by atoms with van der Waals surface area (Å²) >= 11 is 0. The molecule has 0 spiro atoms. The lowest BCUT2D eigenvalue weighted by Gasteiger charge is -2.13. The van der Waals surface area contributed by atoms with Gasteiger partial charge in [-0.15, -0.1) is 0 Å².